The van der Waals surface area contributed by atoms with Crippen molar-refractivity contribution >= 4 is 17.9 Å². The molecule has 2 amide bonds. The molecule has 1 aromatic carbocycles. The lowest BCUT2D eigenvalue weighted by Crippen LogP contribution is -2.31. The fraction of sp³-hybridized carbons (Fsp3) is 0.467. The van der Waals surface area contributed by atoms with Crippen molar-refractivity contribution in [2.45, 2.75) is 33.3 Å². The van der Waals surface area contributed by atoms with Crippen molar-refractivity contribution in [1.29, 1.82) is 0 Å². The molecule has 0 saturated heterocycles. The smallest absolute Gasteiger partial charge is 0.411 e. The van der Waals surface area contributed by atoms with Crippen LogP contribution in [0.3, 0.4) is 0 Å². The minimum Gasteiger partial charge on any atom is -0.447 e. The van der Waals surface area contributed by atoms with E-state index in [1.54, 1.807) is 12.1 Å². The third kappa shape index (κ3) is 7.20. The first-order valence-electron chi connectivity index (χ1n) is 6.96. The van der Waals surface area contributed by atoms with E-state index in [2.05, 4.69) is 10.6 Å². The molecule has 0 unspecified atom stereocenters. The summed E-state index contributed by atoms with van der Waals surface area (Å²) in [5, 5.41) is 5.10. The van der Waals surface area contributed by atoms with E-state index in [0.717, 1.165) is 12.0 Å². The van der Waals surface area contributed by atoms with E-state index in [4.69, 9.17) is 9.47 Å². The molecule has 0 aliphatic rings. The van der Waals surface area contributed by atoms with Crippen LogP contribution in [0.2, 0.25) is 0 Å². The Labute approximate surface area is 124 Å². The molecule has 0 aromatic heterocycles. The Balaban J connectivity index is 2.16. The summed E-state index contributed by atoms with van der Waals surface area (Å²) in [6, 6.07) is 7.36. The van der Waals surface area contributed by atoms with E-state index in [1.165, 1.54) is 0 Å². The molecular formula is C15H22N2O4. The number of nitrogens with one attached hydrogen (secondary N) is 2. The molecule has 6 nitrogen and oxygen atoms in total. The molecule has 1 rings (SSSR count). The van der Waals surface area contributed by atoms with Gasteiger partial charge in [0.05, 0.1) is 6.54 Å². The van der Waals surface area contributed by atoms with Gasteiger partial charge in [0.15, 0.2) is 0 Å². The molecule has 0 radical (unpaired) electrons. The summed E-state index contributed by atoms with van der Waals surface area (Å²) >= 11 is 0. The van der Waals surface area contributed by atoms with E-state index in [-0.39, 0.29) is 19.3 Å². The number of alkyl carbamates (subject to hydrolysis) is 1. The average molecular weight is 294 g/mol. The van der Waals surface area contributed by atoms with Crippen molar-refractivity contribution in [2.75, 3.05) is 18.5 Å². The van der Waals surface area contributed by atoms with Crippen LogP contribution < -0.4 is 10.6 Å². The highest BCUT2D eigenvalue weighted by Gasteiger charge is 2.07. The van der Waals surface area contributed by atoms with Gasteiger partial charge in [0.1, 0.15) is 12.7 Å². The van der Waals surface area contributed by atoms with Crippen LogP contribution in [0, 0.1) is 6.92 Å². The van der Waals surface area contributed by atoms with Crippen LogP contribution in [0.15, 0.2) is 24.3 Å². The Morgan fingerprint density at radius 2 is 1.86 bits per heavy atom. The van der Waals surface area contributed by atoms with Crippen molar-refractivity contribution < 1.29 is 19.1 Å². The van der Waals surface area contributed by atoms with Gasteiger partial charge < -0.3 is 14.8 Å². The lowest BCUT2D eigenvalue weighted by Gasteiger charge is -2.12. The highest BCUT2D eigenvalue weighted by atomic mass is 16.6. The molecule has 116 valence electrons. The maximum absolute atomic E-state index is 11.5. The molecule has 1 atom stereocenters. The molecule has 0 saturated carbocycles. The maximum Gasteiger partial charge on any atom is 0.411 e. The lowest BCUT2D eigenvalue weighted by atomic mass is 10.2. The molecule has 1 aromatic rings. The van der Waals surface area contributed by atoms with Gasteiger partial charge in [-0.15, -0.1) is 0 Å². The summed E-state index contributed by atoms with van der Waals surface area (Å²) in [4.78, 5) is 22.8. The Hall–Kier alpha value is -2.24. The van der Waals surface area contributed by atoms with E-state index in [9.17, 15) is 9.59 Å². The molecule has 0 fully saturated rings. The molecule has 0 heterocycles. The minimum atomic E-state index is -0.559. The van der Waals surface area contributed by atoms with Crippen LogP contribution in [0.5, 0.6) is 0 Å². The van der Waals surface area contributed by atoms with Gasteiger partial charge in [-0.25, -0.2) is 9.59 Å². The van der Waals surface area contributed by atoms with Crippen LogP contribution in [0.4, 0.5) is 15.3 Å². The topological polar surface area (TPSA) is 76.7 Å². The number of benzene rings is 1. The predicted molar refractivity (Wildman–Crippen MR) is 80.4 cm³/mol. The first-order valence-corrected chi connectivity index (χ1v) is 6.96. The Morgan fingerprint density at radius 1 is 1.19 bits per heavy atom. The van der Waals surface area contributed by atoms with Crippen LogP contribution in [0.25, 0.3) is 0 Å². The van der Waals surface area contributed by atoms with Crippen LogP contribution in [-0.4, -0.2) is 31.4 Å². The number of aryl methyl sites for hydroxylation is 1. The molecular weight excluding hydrogens is 272 g/mol. The summed E-state index contributed by atoms with van der Waals surface area (Å²) in [5.74, 6) is 0. The summed E-state index contributed by atoms with van der Waals surface area (Å²) in [7, 11) is 0. The van der Waals surface area contributed by atoms with Gasteiger partial charge in [-0.05, 0) is 32.4 Å². The summed E-state index contributed by atoms with van der Waals surface area (Å²) < 4.78 is 9.94. The number of anilines is 1. The maximum atomic E-state index is 11.5. The number of hydrogen-bond acceptors (Lipinski definition) is 4. The molecule has 2 N–H and O–H groups in total. The molecule has 21 heavy (non-hydrogen) atoms. The van der Waals surface area contributed by atoms with Gasteiger partial charge in [-0.1, -0.05) is 24.6 Å². The highest BCUT2D eigenvalue weighted by molar-refractivity contribution is 5.84. The first kappa shape index (κ1) is 16.8. The number of carbonyl (C=O) groups excluding carboxylic acids is 2. The van der Waals surface area contributed by atoms with Gasteiger partial charge in [0.25, 0.3) is 0 Å². The van der Waals surface area contributed by atoms with Crippen molar-refractivity contribution in [3.05, 3.63) is 29.8 Å². The van der Waals surface area contributed by atoms with Crippen molar-refractivity contribution in [1.82, 2.24) is 5.32 Å². The zero-order chi connectivity index (χ0) is 15.7. The zero-order valence-corrected chi connectivity index (χ0v) is 12.6. The number of hydrogen-bond donors (Lipinski definition) is 2. The number of carbonyl (C=O) groups is 2. The van der Waals surface area contributed by atoms with Crippen molar-refractivity contribution in [2.24, 2.45) is 0 Å². The summed E-state index contributed by atoms with van der Waals surface area (Å²) in [6.45, 7) is 5.98. The fourth-order valence-corrected chi connectivity index (χ4v) is 1.40. The Morgan fingerprint density at radius 3 is 2.48 bits per heavy atom. The second-order valence-corrected chi connectivity index (χ2v) is 4.68. The normalized spacial score (nSPS) is 11.4. The van der Waals surface area contributed by atoms with E-state index >= 15 is 0 Å². The van der Waals surface area contributed by atoms with E-state index in [0.29, 0.717) is 5.69 Å². The monoisotopic (exact) mass is 294 g/mol. The van der Waals surface area contributed by atoms with Crippen molar-refractivity contribution in [3.63, 3.8) is 0 Å². The van der Waals surface area contributed by atoms with Gasteiger partial charge >= 0.3 is 12.2 Å². The molecule has 6 heteroatoms. The first-order chi connectivity index (χ1) is 10.0. The SMILES string of the molecule is CC[C@@H](C)OC(=O)NCCOC(=O)Nc1ccc(C)cc1. The largest absolute Gasteiger partial charge is 0.447 e. The van der Waals surface area contributed by atoms with Crippen molar-refractivity contribution in [3.8, 4) is 0 Å². The van der Waals surface area contributed by atoms with Gasteiger partial charge in [-0.3, -0.25) is 5.32 Å². The average Bonchev–Trinajstić information content (AvgIpc) is 2.46. The van der Waals surface area contributed by atoms with Gasteiger partial charge in [0.2, 0.25) is 0 Å². The Bertz CT molecular complexity index is 459. The molecule has 0 bridgehead atoms. The van der Waals surface area contributed by atoms with Gasteiger partial charge in [-0.2, -0.15) is 0 Å². The molecule has 0 aliphatic carbocycles. The molecule has 0 aliphatic heterocycles. The lowest BCUT2D eigenvalue weighted by molar-refractivity contribution is 0.101. The second kappa shape index (κ2) is 8.84. The van der Waals surface area contributed by atoms with Gasteiger partial charge in [0, 0.05) is 5.69 Å². The summed E-state index contributed by atoms with van der Waals surface area (Å²) in [5.41, 5.74) is 1.77. The zero-order valence-electron chi connectivity index (χ0n) is 12.6. The quantitative estimate of drug-likeness (QED) is 0.790. The third-order valence-electron chi connectivity index (χ3n) is 2.79. The number of amides is 2. The van der Waals surface area contributed by atoms with E-state index < -0.39 is 12.2 Å². The van der Waals surface area contributed by atoms with Crippen LogP contribution in [-0.2, 0) is 9.47 Å². The standard InChI is InChI=1S/C15H22N2O4/c1-4-12(3)21-14(18)16-9-10-20-15(19)17-13-7-5-11(2)6-8-13/h5-8,12H,4,9-10H2,1-3H3,(H,16,18)(H,17,19)/t12-/m1/s1. The van der Waals surface area contributed by atoms with Crippen LogP contribution >= 0.6 is 0 Å². The molecule has 0 spiro atoms. The highest BCUT2D eigenvalue weighted by Crippen LogP contribution is 2.08. The Kier molecular flexibility index (Phi) is 7.08. The second-order valence-electron chi connectivity index (χ2n) is 4.68. The minimum absolute atomic E-state index is 0.0767. The predicted octanol–water partition coefficient (Wildman–Crippen LogP) is 3.07. The number of rotatable bonds is 6. The third-order valence-corrected chi connectivity index (χ3v) is 2.79. The van der Waals surface area contributed by atoms with Crippen LogP contribution in [0.1, 0.15) is 25.8 Å². The fourth-order valence-electron chi connectivity index (χ4n) is 1.40. The summed E-state index contributed by atoms with van der Waals surface area (Å²) in [6.07, 6.45) is -0.443. The number of ether oxygens (including phenoxy) is 2. The van der Waals surface area contributed by atoms with E-state index in [1.807, 2.05) is 32.9 Å².